The topological polar surface area (TPSA) is 122 Å². The molecule has 2 amide bonds. The number of nitrogens with one attached hydrogen (secondary N) is 1. The Morgan fingerprint density at radius 3 is 2.74 bits per heavy atom. The van der Waals surface area contributed by atoms with Gasteiger partial charge in [0.2, 0.25) is 11.8 Å². The van der Waals surface area contributed by atoms with Gasteiger partial charge in [-0.15, -0.1) is 0 Å². The third-order valence-electron chi connectivity index (χ3n) is 5.50. The van der Waals surface area contributed by atoms with Gasteiger partial charge < -0.3 is 15.3 Å². The number of hydrogen-bond donors (Lipinski definition) is 2. The summed E-state index contributed by atoms with van der Waals surface area (Å²) in [7, 11) is 1.67. The third kappa shape index (κ3) is 4.85. The fourth-order valence-electron chi connectivity index (χ4n) is 3.65. The molecule has 10 heteroatoms. The zero-order chi connectivity index (χ0) is 24.4. The van der Waals surface area contributed by atoms with Gasteiger partial charge in [-0.2, -0.15) is 9.61 Å². The van der Waals surface area contributed by atoms with Crippen molar-refractivity contribution in [1.82, 2.24) is 29.4 Å². The molecule has 0 aromatic carbocycles. The molecule has 1 aliphatic carbocycles. The summed E-state index contributed by atoms with van der Waals surface area (Å²) in [6.07, 6.45) is 7.77. The molecule has 1 aliphatic rings. The lowest BCUT2D eigenvalue weighted by Crippen LogP contribution is -2.36. The summed E-state index contributed by atoms with van der Waals surface area (Å²) in [6, 6.07) is 5.53. The smallest absolute Gasteiger partial charge is 0.270 e. The number of aromatic hydroxyl groups is 1. The zero-order valence-electron chi connectivity index (χ0n) is 19.4. The van der Waals surface area contributed by atoms with Gasteiger partial charge in [0.05, 0.1) is 18.4 Å². The zero-order valence-corrected chi connectivity index (χ0v) is 19.4. The normalized spacial score (nSPS) is 13.6. The number of aromatic nitrogens is 4. The fourth-order valence-corrected chi connectivity index (χ4v) is 3.65. The number of nitrogens with zero attached hydrogens (tertiary/aromatic N) is 5. The Morgan fingerprint density at radius 2 is 2.09 bits per heavy atom. The second-order valence-corrected chi connectivity index (χ2v) is 8.94. The van der Waals surface area contributed by atoms with E-state index in [9.17, 15) is 19.5 Å². The van der Waals surface area contributed by atoms with E-state index in [1.165, 1.54) is 26.3 Å². The van der Waals surface area contributed by atoms with Gasteiger partial charge in [0, 0.05) is 37.5 Å². The first-order valence-corrected chi connectivity index (χ1v) is 11.2. The Balaban J connectivity index is 1.68. The summed E-state index contributed by atoms with van der Waals surface area (Å²) in [5, 5.41) is 17.7. The molecule has 0 radical (unpaired) electrons. The van der Waals surface area contributed by atoms with Crippen molar-refractivity contribution in [3.8, 4) is 5.88 Å². The van der Waals surface area contributed by atoms with Crippen LogP contribution < -0.4 is 10.9 Å². The number of carbonyl (C=O) groups is 2. The average Bonchev–Trinajstić information content (AvgIpc) is 3.50. The van der Waals surface area contributed by atoms with Crippen LogP contribution in [0.25, 0.3) is 11.7 Å². The number of likely N-dealkylation sites (N-methyl/N-ethyl adjacent to an activating group) is 1. The molecule has 0 bridgehead atoms. The first-order chi connectivity index (χ1) is 16.3. The number of carbonyl (C=O) groups excluding carboxylic acids is 2. The lowest BCUT2D eigenvalue weighted by atomic mass is 10.2. The van der Waals surface area contributed by atoms with Crippen molar-refractivity contribution in [2.45, 2.75) is 45.8 Å². The van der Waals surface area contributed by atoms with Crippen molar-refractivity contribution in [3.63, 3.8) is 0 Å². The van der Waals surface area contributed by atoms with Crippen LogP contribution in [-0.4, -0.2) is 54.1 Å². The van der Waals surface area contributed by atoms with E-state index in [0.717, 1.165) is 18.5 Å². The Labute approximate surface area is 196 Å². The molecule has 0 atom stereocenters. The number of fused-ring (bicyclic) bond motifs is 1. The van der Waals surface area contributed by atoms with Gasteiger partial charge >= 0.3 is 0 Å². The predicted molar refractivity (Wildman–Crippen MR) is 126 cm³/mol. The van der Waals surface area contributed by atoms with Gasteiger partial charge in [0.15, 0.2) is 5.56 Å². The summed E-state index contributed by atoms with van der Waals surface area (Å²) in [4.78, 5) is 44.3. The number of amides is 2. The van der Waals surface area contributed by atoms with E-state index in [1.54, 1.807) is 19.3 Å². The van der Waals surface area contributed by atoms with Crippen LogP contribution in [-0.2, 0) is 17.9 Å². The van der Waals surface area contributed by atoms with Crippen molar-refractivity contribution in [2.24, 2.45) is 5.92 Å². The van der Waals surface area contributed by atoms with Crippen LogP contribution in [0.3, 0.4) is 0 Å². The van der Waals surface area contributed by atoms with Crippen LogP contribution in [0.5, 0.6) is 5.88 Å². The predicted octanol–water partition coefficient (Wildman–Crippen LogP) is 1.82. The summed E-state index contributed by atoms with van der Waals surface area (Å²) in [5.41, 5.74) is 0.628. The van der Waals surface area contributed by atoms with Crippen LogP contribution >= 0.6 is 0 Å². The molecule has 1 saturated carbocycles. The van der Waals surface area contributed by atoms with E-state index in [2.05, 4.69) is 15.4 Å². The van der Waals surface area contributed by atoms with Crippen LogP contribution in [0, 0.1) is 5.92 Å². The highest BCUT2D eigenvalue weighted by Crippen LogP contribution is 2.23. The summed E-state index contributed by atoms with van der Waals surface area (Å²) >= 11 is 0. The van der Waals surface area contributed by atoms with E-state index < -0.39 is 17.3 Å². The van der Waals surface area contributed by atoms with Gasteiger partial charge in [0.1, 0.15) is 5.65 Å². The van der Waals surface area contributed by atoms with Crippen molar-refractivity contribution in [1.29, 1.82) is 0 Å². The minimum absolute atomic E-state index is 0.0331. The third-order valence-corrected chi connectivity index (χ3v) is 5.50. The Morgan fingerprint density at radius 1 is 1.32 bits per heavy atom. The minimum Gasteiger partial charge on any atom is -0.492 e. The Hall–Kier alpha value is -3.95. The van der Waals surface area contributed by atoms with Crippen LogP contribution in [0.4, 0.5) is 0 Å². The first-order valence-electron chi connectivity index (χ1n) is 11.2. The highest BCUT2D eigenvalue weighted by molar-refractivity contribution is 5.97. The molecule has 0 spiro atoms. The minimum atomic E-state index is -0.608. The molecule has 1 fully saturated rings. The summed E-state index contributed by atoms with van der Waals surface area (Å²) in [5.74, 6) is -1.30. The molecule has 0 saturated heterocycles. The SMILES string of the molecule is CC(C)Cn1c(=O)c(C(=O)NC2CC2)c(O)n2ncc(/C=C/C(=O)N(C)Cc3ccccn3)c12. The monoisotopic (exact) mass is 464 g/mol. The highest BCUT2D eigenvalue weighted by Gasteiger charge is 2.29. The van der Waals surface area contributed by atoms with Crippen LogP contribution in [0.1, 0.15) is 48.3 Å². The molecular weight excluding hydrogens is 436 g/mol. The Bertz CT molecular complexity index is 1300. The van der Waals surface area contributed by atoms with Crippen molar-refractivity contribution in [3.05, 3.63) is 63.8 Å². The largest absolute Gasteiger partial charge is 0.492 e. The second-order valence-electron chi connectivity index (χ2n) is 8.94. The molecule has 0 unspecified atom stereocenters. The van der Waals surface area contributed by atoms with Gasteiger partial charge in [-0.05, 0) is 37.0 Å². The summed E-state index contributed by atoms with van der Waals surface area (Å²) < 4.78 is 2.61. The Kier molecular flexibility index (Phi) is 6.49. The molecule has 4 rings (SSSR count). The molecule has 2 N–H and O–H groups in total. The number of hydrogen-bond acceptors (Lipinski definition) is 6. The van der Waals surface area contributed by atoms with Gasteiger partial charge in [-0.3, -0.25) is 23.9 Å². The highest BCUT2D eigenvalue weighted by atomic mass is 16.3. The molecule has 10 nitrogen and oxygen atoms in total. The van der Waals surface area contributed by atoms with Crippen molar-refractivity contribution >= 4 is 23.5 Å². The fraction of sp³-hybridized carbons (Fsp3) is 0.375. The van der Waals surface area contributed by atoms with Gasteiger partial charge in [0.25, 0.3) is 11.5 Å². The molecule has 3 aromatic rings. The molecule has 34 heavy (non-hydrogen) atoms. The van der Waals surface area contributed by atoms with Crippen molar-refractivity contribution in [2.75, 3.05) is 7.05 Å². The lowest BCUT2D eigenvalue weighted by molar-refractivity contribution is -0.125. The van der Waals surface area contributed by atoms with E-state index >= 15 is 0 Å². The standard InChI is InChI=1S/C24H28N6O4/c1-15(2)13-29-22-16(7-10-19(31)28(3)14-18-6-4-5-11-25-18)12-26-30(22)24(34)20(23(29)33)21(32)27-17-8-9-17/h4-7,10-12,15,17,34H,8-9,13-14H2,1-3H3,(H,27,32)/b10-7+. The molecular formula is C24H28N6O4. The van der Waals surface area contributed by atoms with E-state index in [0.29, 0.717) is 24.3 Å². The maximum Gasteiger partial charge on any atom is 0.270 e. The molecule has 178 valence electrons. The van der Waals surface area contributed by atoms with Crippen molar-refractivity contribution < 1.29 is 14.7 Å². The summed E-state index contributed by atoms with van der Waals surface area (Å²) in [6.45, 7) is 4.55. The van der Waals surface area contributed by atoms with E-state index in [4.69, 9.17) is 0 Å². The first kappa shape index (κ1) is 23.2. The maximum atomic E-state index is 13.3. The second kappa shape index (κ2) is 9.50. The van der Waals surface area contributed by atoms with E-state index in [-0.39, 0.29) is 23.4 Å². The molecule has 3 aromatic heterocycles. The quantitative estimate of drug-likeness (QED) is 0.491. The lowest BCUT2D eigenvalue weighted by Gasteiger charge is -2.15. The molecule has 0 aliphatic heterocycles. The number of rotatable bonds is 8. The van der Waals surface area contributed by atoms with Gasteiger partial charge in [-0.25, -0.2) is 0 Å². The average molecular weight is 465 g/mol. The van der Waals surface area contributed by atoms with Crippen LogP contribution in [0.15, 0.2) is 41.5 Å². The van der Waals surface area contributed by atoms with Gasteiger partial charge in [-0.1, -0.05) is 19.9 Å². The van der Waals surface area contributed by atoms with E-state index in [1.807, 2.05) is 32.0 Å². The maximum absolute atomic E-state index is 13.3. The van der Waals surface area contributed by atoms with Crippen LogP contribution in [0.2, 0.25) is 0 Å². The molecule has 3 heterocycles. The number of pyridine rings is 1.